The quantitative estimate of drug-likeness (QED) is 0.763. The average molecular weight is 248 g/mol. The van der Waals surface area contributed by atoms with Crippen LogP contribution in [0.3, 0.4) is 0 Å². The number of hydrogen-bond acceptors (Lipinski definition) is 4. The number of hydrogen-bond donors (Lipinski definition) is 1. The third-order valence-electron chi connectivity index (χ3n) is 3.32. The van der Waals surface area contributed by atoms with Crippen LogP contribution in [0.5, 0.6) is 0 Å². The van der Waals surface area contributed by atoms with Gasteiger partial charge in [0.25, 0.3) is 0 Å². The van der Waals surface area contributed by atoms with E-state index in [1.807, 2.05) is 0 Å². The smallest absolute Gasteiger partial charge is 0.148 e. The molecular weight excluding hydrogens is 224 g/mol. The van der Waals surface area contributed by atoms with Crippen molar-refractivity contribution < 1.29 is 8.42 Å². The second-order valence-corrected chi connectivity index (χ2v) is 7.11. The molecule has 1 aliphatic rings. The highest BCUT2D eigenvalue weighted by Crippen LogP contribution is 2.16. The summed E-state index contributed by atoms with van der Waals surface area (Å²) in [5, 5.41) is 3.37. The molecule has 0 aliphatic carbocycles. The van der Waals surface area contributed by atoms with Crippen molar-refractivity contribution in [1.82, 2.24) is 10.2 Å². The Kier molecular flexibility index (Phi) is 5.21. The first-order chi connectivity index (χ1) is 7.42. The van der Waals surface area contributed by atoms with Crippen LogP contribution in [0.4, 0.5) is 0 Å². The van der Waals surface area contributed by atoms with Gasteiger partial charge in [-0.3, -0.25) is 0 Å². The zero-order chi connectivity index (χ0) is 12.2. The molecule has 0 bridgehead atoms. The lowest BCUT2D eigenvalue weighted by atomic mass is 9.94. The van der Waals surface area contributed by atoms with E-state index in [0.29, 0.717) is 18.5 Å². The van der Waals surface area contributed by atoms with Crippen molar-refractivity contribution in [2.75, 3.05) is 38.2 Å². The van der Waals surface area contributed by atoms with Crippen LogP contribution in [0.25, 0.3) is 0 Å². The number of nitrogens with zero attached hydrogens (tertiary/aromatic N) is 1. The minimum Gasteiger partial charge on any atom is -0.313 e. The molecule has 0 aromatic heterocycles. The molecule has 2 unspecified atom stereocenters. The summed E-state index contributed by atoms with van der Waals surface area (Å²) >= 11 is 0. The van der Waals surface area contributed by atoms with Crippen LogP contribution in [0.15, 0.2) is 0 Å². The molecular formula is C11H24N2O2S. The molecule has 0 amide bonds. The molecule has 5 heteroatoms. The van der Waals surface area contributed by atoms with Gasteiger partial charge in [-0.1, -0.05) is 13.8 Å². The summed E-state index contributed by atoms with van der Waals surface area (Å²) in [6.45, 7) is 8.36. The third-order valence-corrected chi connectivity index (χ3v) is 4.26. The predicted octanol–water partition coefficient (Wildman–Crippen LogP) is 0.351. The van der Waals surface area contributed by atoms with E-state index in [1.165, 1.54) is 6.26 Å². The van der Waals surface area contributed by atoms with E-state index < -0.39 is 9.84 Å². The van der Waals surface area contributed by atoms with Crippen LogP contribution >= 0.6 is 0 Å². The molecule has 1 N–H and O–H groups in total. The standard InChI is InChI=1S/C11H24N2O2S/c1-4-13-7-5-11(10(2)9-13)12-6-8-16(3,14)15/h10-12H,4-9H2,1-3H3. The van der Waals surface area contributed by atoms with E-state index in [-0.39, 0.29) is 5.75 Å². The Balaban J connectivity index is 2.28. The van der Waals surface area contributed by atoms with Gasteiger partial charge >= 0.3 is 0 Å². The van der Waals surface area contributed by atoms with Crippen molar-refractivity contribution in [2.45, 2.75) is 26.3 Å². The predicted molar refractivity (Wildman–Crippen MR) is 67.4 cm³/mol. The highest BCUT2D eigenvalue weighted by atomic mass is 32.2. The van der Waals surface area contributed by atoms with Crippen molar-refractivity contribution in [3.05, 3.63) is 0 Å². The Morgan fingerprint density at radius 3 is 2.62 bits per heavy atom. The Hall–Kier alpha value is -0.130. The molecule has 1 aliphatic heterocycles. The maximum absolute atomic E-state index is 11.0. The fraction of sp³-hybridized carbons (Fsp3) is 1.00. The molecule has 0 aromatic carbocycles. The van der Waals surface area contributed by atoms with Crippen LogP contribution in [0, 0.1) is 5.92 Å². The molecule has 0 saturated carbocycles. The molecule has 16 heavy (non-hydrogen) atoms. The molecule has 4 nitrogen and oxygen atoms in total. The van der Waals surface area contributed by atoms with Crippen molar-refractivity contribution in [3.63, 3.8) is 0 Å². The minimum atomic E-state index is -2.83. The summed E-state index contributed by atoms with van der Waals surface area (Å²) in [5.74, 6) is 0.849. The fourth-order valence-corrected chi connectivity index (χ4v) is 2.74. The lowest BCUT2D eigenvalue weighted by Crippen LogP contribution is -2.49. The number of rotatable bonds is 5. The number of nitrogens with one attached hydrogen (secondary N) is 1. The van der Waals surface area contributed by atoms with Gasteiger partial charge in [-0.25, -0.2) is 8.42 Å². The number of likely N-dealkylation sites (tertiary alicyclic amines) is 1. The maximum Gasteiger partial charge on any atom is 0.148 e. The highest BCUT2D eigenvalue weighted by Gasteiger charge is 2.24. The number of sulfone groups is 1. The minimum absolute atomic E-state index is 0.244. The molecule has 0 spiro atoms. The molecule has 1 heterocycles. The van der Waals surface area contributed by atoms with E-state index in [1.54, 1.807) is 0 Å². The van der Waals surface area contributed by atoms with Gasteiger partial charge in [0.1, 0.15) is 9.84 Å². The van der Waals surface area contributed by atoms with Crippen molar-refractivity contribution in [1.29, 1.82) is 0 Å². The topological polar surface area (TPSA) is 49.4 Å². The summed E-state index contributed by atoms with van der Waals surface area (Å²) < 4.78 is 22.0. The van der Waals surface area contributed by atoms with Crippen LogP contribution < -0.4 is 5.32 Å². The van der Waals surface area contributed by atoms with E-state index in [9.17, 15) is 8.42 Å². The van der Waals surface area contributed by atoms with Gasteiger partial charge in [0.15, 0.2) is 0 Å². The first-order valence-corrected chi connectivity index (χ1v) is 8.12. The van der Waals surface area contributed by atoms with Crippen molar-refractivity contribution in [2.24, 2.45) is 5.92 Å². The molecule has 1 saturated heterocycles. The second-order valence-electron chi connectivity index (χ2n) is 4.85. The summed E-state index contributed by atoms with van der Waals surface area (Å²) in [7, 11) is -2.83. The number of piperidine rings is 1. The van der Waals surface area contributed by atoms with Crippen molar-refractivity contribution in [3.8, 4) is 0 Å². The molecule has 2 atom stereocenters. The molecule has 96 valence electrons. The highest BCUT2D eigenvalue weighted by molar-refractivity contribution is 7.90. The summed E-state index contributed by atoms with van der Waals surface area (Å²) in [6.07, 6.45) is 2.41. The van der Waals surface area contributed by atoms with Gasteiger partial charge in [0.05, 0.1) is 5.75 Å². The second kappa shape index (κ2) is 5.98. The first-order valence-electron chi connectivity index (χ1n) is 6.06. The van der Waals surface area contributed by atoms with Gasteiger partial charge in [-0.05, 0) is 25.4 Å². The SMILES string of the molecule is CCN1CCC(NCCS(C)(=O)=O)C(C)C1. The summed E-state index contributed by atoms with van der Waals surface area (Å²) in [6, 6.07) is 0.476. The Labute approximate surface area is 99.3 Å². The van der Waals surface area contributed by atoms with Crippen LogP contribution in [0.2, 0.25) is 0 Å². The van der Waals surface area contributed by atoms with Gasteiger partial charge in [0, 0.05) is 25.4 Å². The van der Waals surface area contributed by atoms with Gasteiger partial charge in [-0.2, -0.15) is 0 Å². The van der Waals surface area contributed by atoms with Gasteiger partial charge in [-0.15, -0.1) is 0 Å². The maximum atomic E-state index is 11.0. The molecule has 1 fully saturated rings. The summed E-state index contributed by atoms with van der Waals surface area (Å²) in [5.41, 5.74) is 0. The lowest BCUT2D eigenvalue weighted by Gasteiger charge is -2.36. The van der Waals surface area contributed by atoms with E-state index in [2.05, 4.69) is 24.1 Å². The normalized spacial score (nSPS) is 28.2. The van der Waals surface area contributed by atoms with E-state index >= 15 is 0 Å². The fourth-order valence-electron chi connectivity index (χ4n) is 2.25. The molecule has 1 rings (SSSR count). The largest absolute Gasteiger partial charge is 0.313 e. The zero-order valence-electron chi connectivity index (χ0n) is 10.6. The Morgan fingerprint density at radius 1 is 1.44 bits per heavy atom. The lowest BCUT2D eigenvalue weighted by molar-refractivity contribution is 0.155. The van der Waals surface area contributed by atoms with Gasteiger partial charge in [0.2, 0.25) is 0 Å². The van der Waals surface area contributed by atoms with Gasteiger partial charge < -0.3 is 10.2 Å². The summed E-state index contributed by atoms with van der Waals surface area (Å²) in [4.78, 5) is 2.44. The average Bonchev–Trinajstić information content (AvgIpc) is 2.18. The van der Waals surface area contributed by atoms with Crippen LogP contribution in [0.1, 0.15) is 20.3 Å². The Morgan fingerprint density at radius 2 is 2.12 bits per heavy atom. The van der Waals surface area contributed by atoms with E-state index in [0.717, 1.165) is 26.1 Å². The van der Waals surface area contributed by atoms with Crippen molar-refractivity contribution >= 4 is 9.84 Å². The first kappa shape index (κ1) is 13.9. The molecule has 0 aromatic rings. The zero-order valence-corrected chi connectivity index (χ0v) is 11.4. The van der Waals surface area contributed by atoms with Crippen LogP contribution in [-0.4, -0.2) is 57.5 Å². The third kappa shape index (κ3) is 4.80. The monoisotopic (exact) mass is 248 g/mol. The molecule has 0 radical (unpaired) electrons. The van der Waals surface area contributed by atoms with Crippen LogP contribution in [-0.2, 0) is 9.84 Å². The Bertz CT molecular complexity index is 303. The van der Waals surface area contributed by atoms with E-state index in [4.69, 9.17) is 0 Å².